The second-order valence-electron chi connectivity index (χ2n) is 8.93. The van der Waals surface area contributed by atoms with Gasteiger partial charge in [-0.2, -0.15) is 0 Å². The van der Waals surface area contributed by atoms with E-state index in [9.17, 15) is 0 Å². The molecule has 0 N–H and O–H groups in total. The van der Waals surface area contributed by atoms with Crippen molar-refractivity contribution in [2.75, 3.05) is 7.11 Å². The smallest absolute Gasteiger partial charge is 0.118 e. The molecular weight excluding hydrogens is 366 g/mol. The first-order valence-corrected chi connectivity index (χ1v) is 10.7. The van der Waals surface area contributed by atoms with E-state index in [2.05, 4.69) is 79.1 Å². The van der Waals surface area contributed by atoms with Crippen molar-refractivity contribution in [1.82, 2.24) is 4.57 Å². The summed E-state index contributed by atoms with van der Waals surface area (Å²) < 4.78 is 7.83. The number of aromatic nitrogens is 1. The number of methoxy groups -OCH3 is 1. The molecule has 0 fully saturated rings. The van der Waals surface area contributed by atoms with Crippen LogP contribution in [0.15, 0.2) is 78.4 Å². The lowest BCUT2D eigenvalue weighted by Gasteiger charge is -2.37. The van der Waals surface area contributed by atoms with Crippen LogP contribution in [0.3, 0.4) is 0 Å². The second-order valence-corrected chi connectivity index (χ2v) is 8.93. The molecule has 2 nitrogen and oxygen atoms in total. The molecule has 0 atom stereocenters. The van der Waals surface area contributed by atoms with E-state index in [-0.39, 0.29) is 5.41 Å². The molecule has 2 heteroatoms. The molecule has 0 amide bonds. The van der Waals surface area contributed by atoms with Crippen LogP contribution >= 0.6 is 0 Å². The van der Waals surface area contributed by atoms with Gasteiger partial charge in [-0.3, -0.25) is 0 Å². The van der Waals surface area contributed by atoms with Crippen LogP contribution in [0.4, 0.5) is 0 Å². The maximum absolute atomic E-state index is 5.33. The number of ether oxygens (including phenoxy) is 1. The number of nitrogens with zero attached hydrogens (tertiary/aromatic N) is 1. The number of hydrogen-bond acceptors (Lipinski definition) is 1. The molecule has 30 heavy (non-hydrogen) atoms. The number of hydrogen-bond donors (Lipinski definition) is 0. The molecule has 1 aliphatic heterocycles. The highest BCUT2D eigenvalue weighted by Crippen LogP contribution is 2.49. The quantitative estimate of drug-likeness (QED) is 0.349. The Kier molecular flexibility index (Phi) is 3.59. The Morgan fingerprint density at radius 1 is 0.900 bits per heavy atom. The minimum Gasteiger partial charge on any atom is -0.497 e. The lowest BCUT2D eigenvalue weighted by atomic mass is 9.71. The van der Waals surface area contributed by atoms with Gasteiger partial charge in [0.15, 0.2) is 0 Å². The van der Waals surface area contributed by atoms with E-state index in [4.69, 9.17) is 4.74 Å². The van der Waals surface area contributed by atoms with Gasteiger partial charge < -0.3 is 9.30 Å². The van der Waals surface area contributed by atoms with Crippen molar-refractivity contribution >= 4 is 27.5 Å². The van der Waals surface area contributed by atoms with Crippen LogP contribution < -0.4 is 4.74 Å². The molecular formula is C28H25NO. The van der Waals surface area contributed by atoms with E-state index >= 15 is 0 Å². The van der Waals surface area contributed by atoms with E-state index < -0.39 is 0 Å². The number of fused-ring (bicyclic) bond motifs is 4. The Hall–Kier alpha value is -3.26. The summed E-state index contributed by atoms with van der Waals surface area (Å²) in [6.07, 6.45) is 6.94. The lowest BCUT2D eigenvalue weighted by molar-refractivity contribution is 0.415. The number of para-hydroxylation sites is 1. The molecule has 6 rings (SSSR count). The molecule has 148 valence electrons. The van der Waals surface area contributed by atoms with Gasteiger partial charge >= 0.3 is 0 Å². The summed E-state index contributed by atoms with van der Waals surface area (Å²) in [6.45, 7) is 4.78. The highest BCUT2D eigenvalue weighted by Gasteiger charge is 2.36. The largest absolute Gasteiger partial charge is 0.497 e. The summed E-state index contributed by atoms with van der Waals surface area (Å²) in [5, 5.41) is 2.67. The molecule has 1 aromatic heterocycles. The van der Waals surface area contributed by atoms with Crippen LogP contribution in [0.25, 0.3) is 38.6 Å². The zero-order valence-corrected chi connectivity index (χ0v) is 17.7. The van der Waals surface area contributed by atoms with E-state index in [1.165, 1.54) is 44.2 Å². The molecule has 0 saturated heterocycles. The molecule has 2 heterocycles. The maximum Gasteiger partial charge on any atom is 0.118 e. The highest BCUT2D eigenvalue weighted by molar-refractivity contribution is 6.14. The van der Waals surface area contributed by atoms with Crippen molar-refractivity contribution in [3.63, 3.8) is 0 Å². The molecule has 0 unspecified atom stereocenters. The molecule has 3 aromatic carbocycles. The predicted molar refractivity (Wildman–Crippen MR) is 126 cm³/mol. The highest BCUT2D eigenvalue weighted by atomic mass is 16.5. The summed E-state index contributed by atoms with van der Waals surface area (Å²) in [6, 6.07) is 22.1. The van der Waals surface area contributed by atoms with Crippen molar-refractivity contribution < 1.29 is 4.74 Å². The summed E-state index contributed by atoms with van der Waals surface area (Å²) in [5.74, 6) is 0.887. The van der Waals surface area contributed by atoms with Crippen molar-refractivity contribution in [1.29, 1.82) is 0 Å². The van der Waals surface area contributed by atoms with Gasteiger partial charge in [0.1, 0.15) is 5.75 Å². The van der Waals surface area contributed by atoms with Gasteiger partial charge in [0.25, 0.3) is 0 Å². The zero-order chi connectivity index (χ0) is 20.5. The van der Waals surface area contributed by atoms with Crippen LogP contribution in [-0.2, 0) is 5.41 Å². The molecule has 0 bridgehead atoms. The van der Waals surface area contributed by atoms with Gasteiger partial charge in [-0.15, -0.1) is 0 Å². The van der Waals surface area contributed by atoms with Gasteiger partial charge in [-0.25, -0.2) is 0 Å². The third kappa shape index (κ3) is 2.25. The minimum absolute atomic E-state index is 0.0583. The molecule has 0 spiro atoms. The lowest BCUT2D eigenvalue weighted by Crippen LogP contribution is -2.28. The SMILES string of the molecule is COc1ccc(-c2ccc3c(c2)c2cccc4c2n3C2=C(CCC=C2)C4(C)C)cc1. The van der Waals surface area contributed by atoms with Gasteiger partial charge in [0, 0.05) is 21.9 Å². The number of benzene rings is 3. The summed E-state index contributed by atoms with van der Waals surface area (Å²) in [7, 11) is 1.71. The topological polar surface area (TPSA) is 14.2 Å². The normalized spacial score (nSPS) is 16.9. The Morgan fingerprint density at radius 2 is 1.70 bits per heavy atom. The Morgan fingerprint density at radius 3 is 2.50 bits per heavy atom. The van der Waals surface area contributed by atoms with Crippen LogP contribution in [0.5, 0.6) is 5.75 Å². The molecule has 4 aromatic rings. The molecule has 0 radical (unpaired) electrons. The van der Waals surface area contributed by atoms with E-state index in [1.807, 2.05) is 12.1 Å². The van der Waals surface area contributed by atoms with Crippen molar-refractivity contribution in [2.24, 2.45) is 0 Å². The van der Waals surface area contributed by atoms with Crippen molar-refractivity contribution in [3.05, 3.63) is 84.0 Å². The summed E-state index contributed by atoms with van der Waals surface area (Å²) in [5.41, 5.74) is 9.55. The van der Waals surface area contributed by atoms with Gasteiger partial charge in [0.05, 0.1) is 18.1 Å². The predicted octanol–water partition coefficient (Wildman–Crippen LogP) is 7.32. The number of rotatable bonds is 2. The summed E-state index contributed by atoms with van der Waals surface area (Å²) >= 11 is 0. The first-order valence-electron chi connectivity index (χ1n) is 10.7. The first kappa shape index (κ1) is 17.6. The first-order chi connectivity index (χ1) is 14.6. The monoisotopic (exact) mass is 391 g/mol. The third-order valence-corrected chi connectivity index (χ3v) is 7.03. The third-order valence-electron chi connectivity index (χ3n) is 7.03. The molecule has 1 aliphatic carbocycles. The van der Waals surface area contributed by atoms with Crippen molar-refractivity contribution in [2.45, 2.75) is 32.1 Å². The van der Waals surface area contributed by atoms with Crippen LogP contribution in [0.1, 0.15) is 32.3 Å². The van der Waals surface area contributed by atoms with Gasteiger partial charge in [-0.1, -0.05) is 56.3 Å². The average Bonchev–Trinajstić information content (AvgIpc) is 3.12. The Bertz CT molecular complexity index is 1380. The van der Waals surface area contributed by atoms with Gasteiger partial charge in [0.2, 0.25) is 0 Å². The fourth-order valence-corrected chi connectivity index (χ4v) is 5.44. The Labute approximate surface area is 177 Å². The van der Waals surface area contributed by atoms with E-state index in [0.29, 0.717) is 0 Å². The second kappa shape index (κ2) is 6.12. The number of allylic oxidation sites excluding steroid dienone is 4. The molecule has 2 aliphatic rings. The average molecular weight is 392 g/mol. The van der Waals surface area contributed by atoms with Crippen molar-refractivity contribution in [3.8, 4) is 16.9 Å². The van der Waals surface area contributed by atoms with Crippen LogP contribution in [0.2, 0.25) is 0 Å². The Balaban J connectivity index is 1.67. The van der Waals surface area contributed by atoms with E-state index in [1.54, 1.807) is 12.7 Å². The standard InChI is InChI=1S/C28H25NO/c1-28(2)23-8-4-5-10-26(23)29-25-16-13-19(18-11-14-20(30-3)15-12-18)17-22(25)21-7-6-9-24(28)27(21)29/h5-7,9-17H,4,8H2,1-3H3. The van der Waals surface area contributed by atoms with Crippen LogP contribution in [0, 0.1) is 0 Å². The van der Waals surface area contributed by atoms with Gasteiger partial charge in [-0.05, 0) is 65.4 Å². The zero-order valence-electron chi connectivity index (χ0n) is 17.7. The molecule has 0 saturated carbocycles. The van der Waals surface area contributed by atoms with E-state index in [0.717, 1.165) is 18.6 Å². The fraction of sp³-hybridized carbons (Fsp3) is 0.214. The summed E-state index contributed by atoms with van der Waals surface area (Å²) in [4.78, 5) is 0. The van der Waals surface area contributed by atoms with Crippen LogP contribution in [-0.4, -0.2) is 11.7 Å². The fourth-order valence-electron chi connectivity index (χ4n) is 5.44. The maximum atomic E-state index is 5.33. The minimum atomic E-state index is 0.0583.